The largest absolute Gasteiger partial charge is 0.449 e. The van der Waals surface area contributed by atoms with Crippen molar-refractivity contribution in [2.45, 2.75) is 17.9 Å². The number of halogens is 1. The maximum absolute atomic E-state index is 12.9. The number of ether oxygens (including phenoxy) is 1. The summed E-state index contributed by atoms with van der Waals surface area (Å²) >= 11 is 0. The van der Waals surface area contributed by atoms with Gasteiger partial charge in [0.05, 0.1) is 17.6 Å². The smallest absolute Gasteiger partial charge is 0.338 e. The number of hydrogen-bond acceptors (Lipinski definition) is 6. The molecule has 0 saturated carbocycles. The molecule has 0 aliphatic rings. The first kappa shape index (κ1) is 21.5. The number of rotatable bonds is 7. The summed E-state index contributed by atoms with van der Waals surface area (Å²) in [7, 11) is -1.39. The lowest BCUT2D eigenvalue weighted by Gasteiger charge is -2.15. The number of amides is 1. The molecule has 0 bridgehead atoms. The summed E-state index contributed by atoms with van der Waals surface area (Å²) in [6.07, 6.45) is -1.12. The molecule has 0 saturated heterocycles. The van der Waals surface area contributed by atoms with E-state index in [0.29, 0.717) is 10.2 Å². The second kappa shape index (κ2) is 8.91. The maximum atomic E-state index is 12.9. The summed E-state index contributed by atoms with van der Waals surface area (Å²) in [6, 6.07) is 10.1. The van der Waals surface area contributed by atoms with Gasteiger partial charge in [0, 0.05) is 12.7 Å². The van der Waals surface area contributed by atoms with Crippen LogP contribution in [-0.2, 0) is 24.4 Å². The van der Waals surface area contributed by atoms with E-state index in [1.54, 1.807) is 0 Å². The molecule has 0 fully saturated rings. The third-order valence-corrected chi connectivity index (χ3v) is 5.44. The second-order valence-corrected chi connectivity index (χ2v) is 7.60. The highest BCUT2D eigenvalue weighted by atomic mass is 32.2. The molecule has 0 aliphatic heterocycles. The van der Waals surface area contributed by atoms with E-state index in [0.717, 1.165) is 0 Å². The molecule has 2 aromatic rings. The van der Waals surface area contributed by atoms with Crippen LogP contribution in [0.2, 0.25) is 0 Å². The Balaban J connectivity index is 2.01. The average molecular weight is 410 g/mol. The third kappa shape index (κ3) is 5.12. The van der Waals surface area contributed by atoms with Crippen molar-refractivity contribution in [1.29, 1.82) is 0 Å². The lowest BCUT2D eigenvalue weighted by molar-refractivity contribution is -0.123. The van der Waals surface area contributed by atoms with Gasteiger partial charge < -0.3 is 10.1 Å². The van der Waals surface area contributed by atoms with Gasteiger partial charge in [-0.2, -0.15) is 0 Å². The van der Waals surface area contributed by atoms with E-state index in [4.69, 9.17) is 4.74 Å². The van der Waals surface area contributed by atoms with Crippen LogP contribution in [0.5, 0.6) is 0 Å². The lowest BCUT2D eigenvalue weighted by Crippen LogP contribution is -2.30. The highest BCUT2D eigenvalue weighted by Crippen LogP contribution is 2.16. The van der Waals surface area contributed by atoms with Crippen LogP contribution in [-0.4, -0.2) is 45.0 Å². The van der Waals surface area contributed by atoms with E-state index in [1.165, 1.54) is 69.6 Å². The number of esters is 1. The molecule has 150 valence electrons. The predicted octanol–water partition coefficient (Wildman–Crippen LogP) is 2.19. The van der Waals surface area contributed by atoms with E-state index in [-0.39, 0.29) is 10.5 Å². The highest BCUT2D eigenvalue weighted by Gasteiger charge is 2.22. The van der Waals surface area contributed by atoms with Crippen molar-refractivity contribution in [3.63, 3.8) is 0 Å². The highest BCUT2D eigenvalue weighted by molar-refractivity contribution is 7.89. The van der Waals surface area contributed by atoms with Gasteiger partial charge in [0.1, 0.15) is 5.82 Å². The van der Waals surface area contributed by atoms with E-state index in [9.17, 15) is 22.4 Å². The Hall–Kier alpha value is -2.82. The van der Waals surface area contributed by atoms with Gasteiger partial charge in [-0.1, -0.05) is 4.47 Å². The number of nitrogens with one attached hydrogen (secondary N) is 1. The van der Waals surface area contributed by atoms with Crippen molar-refractivity contribution in [1.82, 2.24) is 4.47 Å². The molecule has 0 heterocycles. The van der Waals surface area contributed by atoms with Crippen LogP contribution in [0.3, 0.4) is 0 Å². The number of sulfonamides is 1. The minimum Gasteiger partial charge on any atom is -0.449 e. The standard InChI is InChI=1S/C18H19FN2O6S/c1-12(17(22)20-15-8-6-14(19)7-9-15)27-18(23)13-4-10-16(11-5-13)28(24,25)21(2)26-3/h4-12H,1-3H3,(H,20,22)/t12-/m0/s1. The zero-order valence-corrected chi connectivity index (χ0v) is 16.2. The Bertz CT molecular complexity index is 945. The molecular weight excluding hydrogens is 391 g/mol. The lowest BCUT2D eigenvalue weighted by atomic mass is 10.2. The van der Waals surface area contributed by atoms with Crippen molar-refractivity contribution in [2.24, 2.45) is 0 Å². The van der Waals surface area contributed by atoms with Crippen molar-refractivity contribution >= 4 is 27.6 Å². The summed E-state index contributed by atoms with van der Waals surface area (Å²) in [6.45, 7) is 1.38. The Morgan fingerprint density at radius 3 is 2.18 bits per heavy atom. The molecule has 0 aliphatic carbocycles. The minimum atomic E-state index is -3.84. The van der Waals surface area contributed by atoms with Crippen LogP contribution in [0.15, 0.2) is 53.4 Å². The van der Waals surface area contributed by atoms with Crippen LogP contribution in [0.25, 0.3) is 0 Å². The summed E-state index contributed by atoms with van der Waals surface area (Å²) in [5.41, 5.74) is 0.423. The van der Waals surface area contributed by atoms with Gasteiger partial charge in [-0.05, 0) is 55.5 Å². The zero-order valence-electron chi connectivity index (χ0n) is 15.4. The molecule has 1 atom stereocenters. The summed E-state index contributed by atoms with van der Waals surface area (Å²) in [5.74, 6) is -1.84. The first-order chi connectivity index (χ1) is 13.1. The topological polar surface area (TPSA) is 102 Å². The van der Waals surface area contributed by atoms with Crippen LogP contribution >= 0.6 is 0 Å². The third-order valence-electron chi connectivity index (χ3n) is 3.75. The molecule has 2 aromatic carbocycles. The molecule has 0 radical (unpaired) electrons. The number of hydrogen-bond donors (Lipinski definition) is 1. The Morgan fingerprint density at radius 1 is 1.07 bits per heavy atom. The average Bonchev–Trinajstić information content (AvgIpc) is 2.68. The van der Waals surface area contributed by atoms with Gasteiger partial charge in [0.15, 0.2) is 6.10 Å². The summed E-state index contributed by atoms with van der Waals surface area (Å²) in [5, 5.41) is 2.49. The van der Waals surface area contributed by atoms with Crippen molar-refractivity contribution in [3.05, 3.63) is 59.9 Å². The Kier molecular flexibility index (Phi) is 6.84. The number of anilines is 1. The van der Waals surface area contributed by atoms with E-state index in [2.05, 4.69) is 10.2 Å². The van der Waals surface area contributed by atoms with Gasteiger partial charge in [-0.3, -0.25) is 9.63 Å². The molecule has 10 heteroatoms. The van der Waals surface area contributed by atoms with Crippen molar-refractivity contribution < 1.29 is 32.0 Å². The summed E-state index contributed by atoms with van der Waals surface area (Å²) < 4.78 is 42.9. The van der Waals surface area contributed by atoms with Gasteiger partial charge >= 0.3 is 5.97 Å². The fraction of sp³-hybridized carbons (Fsp3) is 0.222. The predicted molar refractivity (Wildman–Crippen MR) is 98.3 cm³/mol. The zero-order chi connectivity index (χ0) is 20.9. The monoisotopic (exact) mass is 410 g/mol. The van der Waals surface area contributed by atoms with Gasteiger partial charge in [-0.15, -0.1) is 0 Å². The molecule has 1 N–H and O–H groups in total. The summed E-state index contributed by atoms with van der Waals surface area (Å²) in [4.78, 5) is 28.8. The normalized spacial score (nSPS) is 12.5. The maximum Gasteiger partial charge on any atom is 0.338 e. The molecule has 0 spiro atoms. The molecular formula is C18H19FN2O6S. The number of nitrogens with zero attached hydrogens (tertiary/aromatic N) is 1. The fourth-order valence-electron chi connectivity index (χ4n) is 2.07. The minimum absolute atomic E-state index is 0.0699. The van der Waals surface area contributed by atoms with Crippen LogP contribution in [0, 0.1) is 5.82 Å². The SMILES string of the molecule is CON(C)S(=O)(=O)c1ccc(C(=O)O[C@@H](C)C(=O)Nc2ccc(F)cc2)cc1. The molecule has 8 nitrogen and oxygen atoms in total. The van der Waals surface area contributed by atoms with Crippen LogP contribution < -0.4 is 5.32 Å². The van der Waals surface area contributed by atoms with Crippen LogP contribution in [0.4, 0.5) is 10.1 Å². The molecule has 28 heavy (non-hydrogen) atoms. The second-order valence-electron chi connectivity index (χ2n) is 5.67. The van der Waals surface area contributed by atoms with E-state index >= 15 is 0 Å². The fourth-order valence-corrected chi connectivity index (χ4v) is 3.04. The molecule has 0 aromatic heterocycles. The molecule has 1 amide bonds. The number of carbonyl (C=O) groups excluding carboxylic acids is 2. The number of carbonyl (C=O) groups is 2. The van der Waals surface area contributed by atoms with Gasteiger partial charge in [-0.25, -0.2) is 17.6 Å². The Morgan fingerprint density at radius 2 is 1.64 bits per heavy atom. The molecule has 0 unspecified atom stereocenters. The Labute approximate surface area is 161 Å². The number of hydroxylamine groups is 1. The van der Waals surface area contributed by atoms with E-state index in [1.807, 2.05) is 0 Å². The van der Waals surface area contributed by atoms with Crippen molar-refractivity contribution in [2.75, 3.05) is 19.5 Å². The van der Waals surface area contributed by atoms with Gasteiger partial charge in [0.2, 0.25) is 0 Å². The van der Waals surface area contributed by atoms with Gasteiger partial charge in [0.25, 0.3) is 15.9 Å². The van der Waals surface area contributed by atoms with E-state index < -0.39 is 33.8 Å². The first-order valence-corrected chi connectivity index (χ1v) is 9.49. The van der Waals surface area contributed by atoms with Crippen LogP contribution in [0.1, 0.15) is 17.3 Å². The quantitative estimate of drug-likeness (QED) is 0.555. The number of benzene rings is 2. The van der Waals surface area contributed by atoms with Crippen molar-refractivity contribution in [3.8, 4) is 0 Å². The molecule has 2 rings (SSSR count). The first-order valence-electron chi connectivity index (χ1n) is 8.05.